The average Bonchev–Trinajstić information content (AvgIpc) is 2.27. The molecule has 0 atom stereocenters. The molecule has 0 aromatic carbocycles. The molecule has 17 heavy (non-hydrogen) atoms. The fourth-order valence-corrected chi connectivity index (χ4v) is 3.29. The Morgan fingerprint density at radius 2 is 1.82 bits per heavy atom. The Morgan fingerprint density at radius 1 is 1.24 bits per heavy atom. The molecule has 1 amide bonds. The normalized spacial score (nSPS) is 11.0. The Bertz CT molecular complexity index is 203. The third-order valence-corrected chi connectivity index (χ3v) is 5.05. The second-order valence-electron chi connectivity index (χ2n) is 3.40. The molecule has 0 aromatic rings. The molecule has 0 rings (SSSR count). The lowest BCUT2D eigenvalue weighted by molar-refractivity contribution is -0.118. The van der Waals surface area contributed by atoms with E-state index in [2.05, 4.69) is 0 Å². The summed E-state index contributed by atoms with van der Waals surface area (Å²) in [7, 11) is 0.505. The van der Waals surface area contributed by atoms with Crippen LogP contribution in [-0.4, -0.2) is 42.1 Å². The number of hydrogen-bond donors (Lipinski definition) is 3. The summed E-state index contributed by atoms with van der Waals surface area (Å²) < 4.78 is 16.2. The van der Waals surface area contributed by atoms with Gasteiger partial charge in [0.1, 0.15) is 0 Å². The van der Waals surface area contributed by atoms with Crippen LogP contribution in [0.2, 0.25) is 6.04 Å². The van der Waals surface area contributed by atoms with Crippen molar-refractivity contribution in [2.45, 2.75) is 25.3 Å². The molecule has 0 fully saturated rings. The monoisotopic (exact) mass is 267 g/mol. The van der Waals surface area contributed by atoms with Gasteiger partial charge in [-0.25, -0.2) is 0 Å². The molecular weight excluding hydrogens is 242 g/mol. The van der Waals surface area contributed by atoms with Crippen molar-refractivity contribution >= 4 is 14.7 Å². The molecule has 0 aliphatic heterocycles. The number of carbonyl (C=O) groups is 1. The van der Waals surface area contributed by atoms with Crippen molar-refractivity contribution in [3.8, 4) is 0 Å². The van der Waals surface area contributed by atoms with E-state index in [-0.39, 0.29) is 12.1 Å². The van der Waals surface area contributed by atoms with Crippen molar-refractivity contribution in [2.75, 3.05) is 27.4 Å². The van der Waals surface area contributed by atoms with Crippen molar-refractivity contribution in [1.82, 2.24) is 6.15 Å². The maximum Gasteiger partial charge on any atom is 0.500 e. The third-order valence-electron chi connectivity index (χ3n) is 2.20. The van der Waals surface area contributed by atoms with Gasteiger partial charge in [0.25, 0.3) is 0 Å². The molecule has 0 radical (unpaired) electrons. The molecular formula is C9H25N3O4Si. The number of hydrogen-bond acceptors (Lipinski definition) is 6. The van der Waals surface area contributed by atoms with Crippen LogP contribution in [0.15, 0.2) is 0 Å². The van der Waals surface area contributed by atoms with Crippen molar-refractivity contribution in [3.05, 3.63) is 0 Å². The van der Waals surface area contributed by atoms with E-state index >= 15 is 0 Å². The summed E-state index contributed by atoms with van der Waals surface area (Å²) in [5.74, 6) is -0.322. The molecule has 0 aromatic heterocycles. The minimum atomic E-state index is -2.61. The van der Waals surface area contributed by atoms with Crippen LogP contribution >= 0.6 is 0 Å². The van der Waals surface area contributed by atoms with Crippen LogP contribution in [0.25, 0.3) is 0 Å². The second kappa shape index (κ2) is 10.6. The van der Waals surface area contributed by atoms with E-state index in [1.165, 1.54) is 0 Å². The lowest BCUT2D eigenvalue weighted by atomic mass is 10.3. The van der Waals surface area contributed by atoms with Gasteiger partial charge in [0.2, 0.25) is 5.91 Å². The summed E-state index contributed by atoms with van der Waals surface area (Å²) in [4.78, 5) is 10.6. The van der Waals surface area contributed by atoms with E-state index in [0.717, 1.165) is 6.42 Å². The average molecular weight is 267 g/mol. The maximum absolute atomic E-state index is 10.6. The van der Waals surface area contributed by atoms with E-state index < -0.39 is 8.80 Å². The highest BCUT2D eigenvalue weighted by Crippen LogP contribution is 2.17. The molecule has 8 heteroatoms. The van der Waals surface area contributed by atoms with Gasteiger partial charge in [-0.05, 0) is 19.4 Å². The topological polar surface area (TPSA) is 132 Å². The molecule has 0 aliphatic carbocycles. The molecule has 0 aliphatic rings. The Kier molecular flexibility index (Phi) is 11.8. The van der Waals surface area contributed by atoms with Crippen molar-refractivity contribution in [3.63, 3.8) is 0 Å². The van der Waals surface area contributed by atoms with Gasteiger partial charge in [0.15, 0.2) is 0 Å². The molecule has 0 heterocycles. The Morgan fingerprint density at radius 3 is 2.24 bits per heavy atom. The van der Waals surface area contributed by atoms with Gasteiger partial charge in [-0.15, -0.1) is 0 Å². The van der Waals surface area contributed by atoms with E-state index in [1.54, 1.807) is 14.2 Å². The quantitative estimate of drug-likeness (QED) is 0.377. The van der Waals surface area contributed by atoms with E-state index in [4.69, 9.17) is 24.7 Å². The summed E-state index contributed by atoms with van der Waals surface area (Å²) in [6.07, 6.45) is 1.70. The van der Waals surface area contributed by atoms with E-state index in [0.29, 0.717) is 32.0 Å². The van der Waals surface area contributed by atoms with Crippen LogP contribution in [0, 0.1) is 0 Å². The maximum atomic E-state index is 10.6. The Labute approximate surface area is 104 Å². The van der Waals surface area contributed by atoms with Gasteiger partial charge in [-0.1, -0.05) is 0 Å². The molecule has 0 saturated heterocycles. The highest BCUT2D eigenvalue weighted by Gasteiger charge is 2.38. The van der Waals surface area contributed by atoms with Crippen LogP contribution in [0.3, 0.4) is 0 Å². The van der Waals surface area contributed by atoms with Crippen LogP contribution in [0.5, 0.6) is 0 Å². The van der Waals surface area contributed by atoms with Crippen LogP contribution < -0.4 is 17.6 Å². The number of carbonyl (C=O) groups excluding carboxylic acids is 1. The zero-order valence-electron chi connectivity index (χ0n) is 10.7. The van der Waals surface area contributed by atoms with Crippen LogP contribution in [0.1, 0.15) is 19.3 Å². The molecule has 0 spiro atoms. The Balaban J connectivity index is 0. The van der Waals surface area contributed by atoms with Gasteiger partial charge in [-0.3, -0.25) is 4.79 Å². The summed E-state index contributed by atoms with van der Waals surface area (Å²) in [5.41, 5.74) is 10.4. The number of rotatable bonds is 10. The zero-order chi connectivity index (χ0) is 12.4. The first-order chi connectivity index (χ1) is 7.60. The first-order valence-corrected chi connectivity index (χ1v) is 7.26. The minimum absolute atomic E-state index is 0. The molecule has 0 unspecified atom stereocenters. The molecule has 104 valence electrons. The highest BCUT2D eigenvalue weighted by atomic mass is 28.4. The number of nitrogens with two attached hydrogens (primary N) is 2. The second-order valence-corrected chi connectivity index (χ2v) is 6.37. The zero-order valence-corrected chi connectivity index (χ0v) is 11.7. The Hall–Kier alpha value is -0.513. The van der Waals surface area contributed by atoms with E-state index in [1.807, 2.05) is 0 Å². The van der Waals surface area contributed by atoms with Gasteiger partial charge < -0.3 is 30.9 Å². The van der Waals surface area contributed by atoms with Gasteiger partial charge in [-0.2, -0.15) is 0 Å². The standard InChI is InChI=1S/C9H22N2O4Si.H3N/c1-13-16(14-2,15-7-4-6-10)8-3-5-9(11)12;/h3-8,10H2,1-2H3,(H2,11,12);1H3. The molecule has 7 nitrogen and oxygen atoms in total. The number of primary amides is 1. The fraction of sp³-hybridized carbons (Fsp3) is 0.889. The fourth-order valence-electron chi connectivity index (χ4n) is 1.27. The molecule has 7 N–H and O–H groups in total. The first-order valence-electron chi connectivity index (χ1n) is 5.33. The van der Waals surface area contributed by atoms with Crippen LogP contribution in [0.4, 0.5) is 0 Å². The minimum Gasteiger partial charge on any atom is -0.377 e. The summed E-state index contributed by atoms with van der Waals surface area (Å²) >= 11 is 0. The van der Waals surface area contributed by atoms with E-state index in [9.17, 15) is 4.79 Å². The molecule has 0 saturated carbocycles. The van der Waals surface area contributed by atoms with Crippen LogP contribution in [-0.2, 0) is 18.1 Å². The van der Waals surface area contributed by atoms with Gasteiger partial charge in [0.05, 0.1) is 0 Å². The largest absolute Gasteiger partial charge is 0.500 e. The van der Waals surface area contributed by atoms with Gasteiger partial charge in [0, 0.05) is 33.3 Å². The third kappa shape index (κ3) is 8.24. The SMILES string of the molecule is CO[Si](CCCC(N)=O)(OC)OCCCN.N. The molecule has 0 bridgehead atoms. The van der Waals surface area contributed by atoms with Crippen molar-refractivity contribution in [2.24, 2.45) is 11.5 Å². The predicted octanol–water partition coefficient (Wildman–Crippen LogP) is 0.0110. The smallest absolute Gasteiger partial charge is 0.377 e. The number of amides is 1. The van der Waals surface area contributed by atoms with Crippen molar-refractivity contribution < 1.29 is 18.1 Å². The lowest BCUT2D eigenvalue weighted by Gasteiger charge is -2.26. The summed E-state index contributed by atoms with van der Waals surface area (Å²) in [5, 5.41) is 0. The van der Waals surface area contributed by atoms with Gasteiger partial charge >= 0.3 is 8.80 Å². The summed E-state index contributed by atoms with van der Waals surface area (Å²) in [6.45, 7) is 1.08. The highest BCUT2D eigenvalue weighted by molar-refractivity contribution is 6.60. The summed E-state index contributed by atoms with van der Waals surface area (Å²) in [6, 6.07) is 0.591. The van der Waals surface area contributed by atoms with Crippen molar-refractivity contribution in [1.29, 1.82) is 0 Å². The first kappa shape index (κ1) is 18.8. The predicted molar refractivity (Wildman–Crippen MR) is 67.7 cm³/mol. The lowest BCUT2D eigenvalue weighted by Crippen LogP contribution is -2.44.